The second-order valence-electron chi connectivity index (χ2n) is 3.28. The average molecular weight is 241 g/mol. The molecule has 1 unspecified atom stereocenters. The van der Waals surface area contributed by atoms with Crippen molar-refractivity contribution in [3.05, 3.63) is 17.8 Å². The Hall–Kier alpha value is -1.34. The average Bonchev–Trinajstić information content (AvgIpc) is 2.29. The van der Waals surface area contributed by atoms with E-state index in [0.717, 1.165) is 5.75 Å². The van der Waals surface area contributed by atoms with Gasteiger partial charge in [-0.3, -0.25) is 4.79 Å². The first kappa shape index (κ1) is 12.7. The van der Waals surface area contributed by atoms with Gasteiger partial charge in [-0.25, -0.2) is 5.84 Å². The molecular weight excluding hydrogens is 226 g/mol. The highest BCUT2D eigenvalue weighted by Gasteiger charge is 2.10. The lowest BCUT2D eigenvalue weighted by atomic mass is 10.3. The van der Waals surface area contributed by atoms with E-state index in [-0.39, 0.29) is 17.6 Å². The molecule has 0 aliphatic rings. The Morgan fingerprint density at radius 2 is 2.31 bits per heavy atom. The molecule has 1 aromatic heterocycles. The monoisotopic (exact) mass is 241 g/mol. The van der Waals surface area contributed by atoms with Crippen molar-refractivity contribution in [2.24, 2.45) is 5.84 Å². The summed E-state index contributed by atoms with van der Waals surface area (Å²) >= 11 is 1.68. The van der Waals surface area contributed by atoms with Crippen LogP contribution in [0.25, 0.3) is 0 Å². The van der Waals surface area contributed by atoms with Gasteiger partial charge in [-0.2, -0.15) is 11.8 Å². The Labute approximate surface area is 98.4 Å². The van der Waals surface area contributed by atoms with E-state index in [0.29, 0.717) is 5.82 Å². The van der Waals surface area contributed by atoms with Crippen LogP contribution in [0.3, 0.4) is 0 Å². The molecule has 0 aliphatic carbocycles. The zero-order valence-corrected chi connectivity index (χ0v) is 10.0. The van der Waals surface area contributed by atoms with Crippen molar-refractivity contribution in [3.63, 3.8) is 0 Å². The molecule has 1 amide bonds. The van der Waals surface area contributed by atoms with Crippen LogP contribution in [0.5, 0.6) is 0 Å². The standard InChI is InChI=1S/C9H15N5OS/c1-6(5-16-2)11-9(15)7-3-4-8(12-10)14-13-7/h3-4,6H,5,10H2,1-2H3,(H,11,15)(H,12,14). The second-order valence-corrected chi connectivity index (χ2v) is 4.19. The number of carbonyl (C=O) groups is 1. The highest BCUT2D eigenvalue weighted by molar-refractivity contribution is 7.98. The quantitative estimate of drug-likeness (QED) is 0.505. The maximum atomic E-state index is 11.7. The van der Waals surface area contributed by atoms with E-state index in [2.05, 4.69) is 20.9 Å². The maximum absolute atomic E-state index is 11.7. The second kappa shape index (κ2) is 6.29. The van der Waals surface area contributed by atoms with Gasteiger partial charge in [0, 0.05) is 11.8 Å². The summed E-state index contributed by atoms with van der Waals surface area (Å²) in [6, 6.07) is 3.28. The normalized spacial score (nSPS) is 11.9. The molecule has 1 atom stereocenters. The van der Waals surface area contributed by atoms with Crippen LogP contribution >= 0.6 is 11.8 Å². The molecule has 0 bridgehead atoms. The number of nitrogens with zero attached hydrogens (tertiary/aromatic N) is 2. The molecule has 6 nitrogen and oxygen atoms in total. The molecule has 1 aromatic rings. The van der Waals surface area contributed by atoms with Crippen molar-refractivity contribution in [1.29, 1.82) is 0 Å². The number of aromatic nitrogens is 2. The Balaban J connectivity index is 2.59. The molecule has 1 rings (SSSR count). The third kappa shape index (κ3) is 3.67. The Morgan fingerprint density at radius 1 is 1.56 bits per heavy atom. The number of anilines is 1. The number of thioether (sulfide) groups is 1. The fourth-order valence-electron chi connectivity index (χ4n) is 1.12. The van der Waals surface area contributed by atoms with E-state index in [4.69, 9.17) is 5.84 Å². The van der Waals surface area contributed by atoms with Crippen LogP contribution in [0.2, 0.25) is 0 Å². The van der Waals surface area contributed by atoms with E-state index in [1.165, 1.54) is 0 Å². The minimum atomic E-state index is -0.224. The topological polar surface area (TPSA) is 92.9 Å². The van der Waals surface area contributed by atoms with E-state index in [9.17, 15) is 4.79 Å². The molecule has 7 heteroatoms. The van der Waals surface area contributed by atoms with Gasteiger partial charge in [0.05, 0.1) is 0 Å². The predicted molar refractivity (Wildman–Crippen MR) is 65.2 cm³/mol. The summed E-state index contributed by atoms with van der Waals surface area (Å²) in [6.07, 6.45) is 1.99. The van der Waals surface area contributed by atoms with Crippen LogP contribution in [0.1, 0.15) is 17.4 Å². The summed E-state index contributed by atoms with van der Waals surface area (Å²) in [5.41, 5.74) is 2.63. The minimum Gasteiger partial charge on any atom is -0.347 e. The van der Waals surface area contributed by atoms with Gasteiger partial charge >= 0.3 is 0 Å². The number of carbonyl (C=O) groups excluding carboxylic acids is 1. The van der Waals surface area contributed by atoms with E-state index < -0.39 is 0 Å². The number of hydrogen-bond acceptors (Lipinski definition) is 6. The fraction of sp³-hybridized carbons (Fsp3) is 0.444. The number of hydrazine groups is 1. The fourth-order valence-corrected chi connectivity index (χ4v) is 1.70. The molecule has 0 radical (unpaired) electrons. The van der Waals surface area contributed by atoms with Gasteiger partial charge < -0.3 is 10.7 Å². The van der Waals surface area contributed by atoms with Gasteiger partial charge in [0.2, 0.25) is 0 Å². The first-order valence-electron chi connectivity index (χ1n) is 4.77. The van der Waals surface area contributed by atoms with Crippen molar-refractivity contribution < 1.29 is 4.79 Å². The summed E-state index contributed by atoms with van der Waals surface area (Å²) in [4.78, 5) is 11.7. The smallest absolute Gasteiger partial charge is 0.272 e. The Morgan fingerprint density at radius 3 is 2.81 bits per heavy atom. The molecule has 0 spiro atoms. The third-order valence-electron chi connectivity index (χ3n) is 1.84. The van der Waals surface area contributed by atoms with Gasteiger partial charge in [0.15, 0.2) is 11.5 Å². The number of rotatable bonds is 5. The van der Waals surface area contributed by atoms with Crippen molar-refractivity contribution >= 4 is 23.5 Å². The summed E-state index contributed by atoms with van der Waals surface area (Å²) in [6.45, 7) is 1.94. The molecule has 1 heterocycles. The Bertz CT molecular complexity index is 342. The molecule has 4 N–H and O–H groups in total. The van der Waals surface area contributed by atoms with Gasteiger partial charge in [-0.15, -0.1) is 10.2 Å². The largest absolute Gasteiger partial charge is 0.347 e. The minimum absolute atomic E-state index is 0.108. The van der Waals surface area contributed by atoms with Crippen LogP contribution in [0.4, 0.5) is 5.82 Å². The maximum Gasteiger partial charge on any atom is 0.272 e. The molecule has 0 saturated carbocycles. The summed E-state index contributed by atoms with van der Waals surface area (Å²) < 4.78 is 0. The number of nitrogens with two attached hydrogens (primary N) is 1. The molecule has 88 valence electrons. The summed E-state index contributed by atoms with van der Waals surface area (Å²) in [5.74, 6) is 6.20. The highest BCUT2D eigenvalue weighted by Crippen LogP contribution is 2.01. The van der Waals surface area contributed by atoms with Gasteiger partial charge in [-0.05, 0) is 25.3 Å². The number of amides is 1. The van der Waals surface area contributed by atoms with Crippen molar-refractivity contribution in [2.45, 2.75) is 13.0 Å². The highest BCUT2D eigenvalue weighted by atomic mass is 32.2. The lowest BCUT2D eigenvalue weighted by Crippen LogP contribution is -2.34. The van der Waals surface area contributed by atoms with Crippen LogP contribution in [-0.2, 0) is 0 Å². The van der Waals surface area contributed by atoms with Gasteiger partial charge in [0.25, 0.3) is 5.91 Å². The van der Waals surface area contributed by atoms with Crippen molar-refractivity contribution in [3.8, 4) is 0 Å². The molecule has 16 heavy (non-hydrogen) atoms. The first-order chi connectivity index (χ1) is 7.67. The number of nitrogen functional groups attached to an aromatic ring is 1. The van der Waals surface area contributed by atoms with E-state index >= 15 is 0 Å². The Kier molecular flexibility index (Phi) is 5.00. The predicted octanol–water partition coefficient (Wildman–Crippen LogP) is 0.243. The van der Waals surface area contributed by atoms with Crippen LogP contribution in [0, 0.1) is 0 Å². The van der Waals surface area contributed by atoms with Crippen LogP contribution in [-0.4, -0.2) is 34.2 Å². The molecule has 0 aliphatic heterocycles. The van der Waals surface area contributed by atoms with E-state index in [1.54, 1.807) is 23.9 Å². The van der Waals surface area contributed by atoms with Crippen LogP contribution in [0.15, 0.2) is 12.1 Å². The summed E-state index contributed by atoms with van der Waals surface area (Å²) in [5, 5.41) is 10.3. The van der Waals surface area contributed by atoms with E-state index in [1.807, 2.05) is 13.2 Å². The lowest BCUT2D eigenvalue weighted by molar-refractivity contribution is 0.0938. The SMILES string of the molecule is CSCC(C)NC(=O)c1ccc(NN)nn1. The van der Waals surface area contributed by atoms with Crippen molar-refractivity contribution in [1.82, 2.24) is 15.5 Å². The first-order valence-corrected chi connectivity index (χ1v) is 6.17. The molecular formula is C9H15N5OS. The molecule has 0 fully saturated rings. The zero-order valence-electron chi connectivity index (χ0n) is 9.23. The molecule has 0 saturated heterocycles. The van der Waals surface area contributed by atoms with Crippen LogP contribution < -0.4 is 16.6 Å². The van der Waals surface area contributed by atoms with Gasteiger partial charge in [-0.1, -0.05) is 0 Å². The lowest BCUT2D eigenvalue weighted by Gasteiger charge is -2.11. The molecule has 0 aromatic carbocycles. The summed E-state index contributed by atoms with van der Waals surface area (Å²) in [7, 11) is 0. The van der Waals surface area contributed by atoms with Gasteiger partial charge in [0.1, 0.15) is 0 Å². The van der Waals surface area contributed by atoms with Crippen molar-refractivity contribution in [2.75, 3.05) is 17.4 Å². The number of nitrogens with one attached hydrogen (secondary N) is 2. The number of hydrogen-bond donors (Lipinski definition) is 3. The third-order valence-corrected chi connectivity index (χ3v) is 2.67. The zero-order chi connectivity index (χ0) is 12.0.